The van der Waals surface area contributed by atoms with Crippen LogP contribution in [0.25, 0.3) is 0 Å². The number of aliphatic hydroxyl groups is 4. The maximum Gasteiger partial charge on any atom is 0.151 e. The SMILES string of the molecule is CC(C)[C@](C)(O)[C@H](O)[C@H](O)[C@@H](O)C=O. The monoisotopic (exact) mass is 206 g/mol. The Morgan fingerprint density at radius 1 is 1.21 bits per heavy atom. The molecule has 0 unspecified atom stereocenters. The van der Waals surface area contributed by atoms with Crippen LogP contribution in [0.5, 0.6) is 0 Å². The van der Waals surface area contributed by atoms with Gasteiger partial charge in [-0.2, -0.15) is 0 Å². The summed E-state index contributed by atoms with van der Waals surface area (Å²) in [6.45, 7) is 4.65. The lowest BCUT2D eigenvalue weighted by Crippen LogP contribution is -2.54. The maximum absolute atomic E-state index is 10.1. The molecule has 0 saturated carbocycles. The van der Waals surface area contributed by atoms with Crippen molar-refractivity contribution < 1.29 is 25.2 Å². The topological polar surface area (TPSA) is 98.0 Å². The molecule has 0 amide bonds. The predicted molar refractivity (Wildman–Crippen MR) is 49.5 cm³/mol. The quantitative estimate of drug-likeness (QED) is 0.418. The number of hydrogen-bond donors (Lipinski definition) is 4. The van der Waals surface area contributed by atoms with Crippen molar-refractivity contribution in [1.82, 2.24) is 0 Å². The second-order valence-electron chi connectivity index (χ2n) is 3.94. The van der Waals surface area contributed by atoms with Gasteiger partial charge >= 0.3 is 0 Å². The van der Waals surface area contributed by atoms with Gasteiger partial charge in [-0.05, 0) is 12.8 Å². The lowest BCUT2D eigenvalue weighted by atomic mass is 9.83. The molecule has 4 atom stereocenters. The first-order valence-corrected chi connectivity index (χ1v) is 4.47. The van der Waals surface area contributed by atoms with Gasteiger partial charge in [0.15, 0.2) is 6.29 Å². The van der Waals surface area contributed by atoms with Crippen molar-refractivity contribution in [2.24, 2.45) is 5.92 Å². The highest BCUT2D eigenvalue weighted by molar-refractivity contribution is 5.56. The lowest BCUT2D eigenvalue weighted by molar-refractivity contribution is -0.163. The lowest BCUT2D eigenvalue weighted by Gasteiger charge is -2.36. The van der Waals surface area contributed by atoms with Gasteiger partial charge in [-0.15, -0.1) is 0 Å². The third kappa shape index (κ3) is 2.75. The summed E-state index contributed by atoms with van der Waals surface area (Å²) >= 11 is 0. The molecule has 14 heavy (non-hydrogen) atoms. The third-order valence-electron chi connectivity index (χ3n) is 2.58. The van der Waals surface area contributed by atoms with E-state index in [9.17, 15) is 20.1 Å². The van der Waals surface area contributed by atoms with Gasteiger partial charge in [0.25, 0.3) is 0 Å². The van der Waals surface area contributed by atoms with E-state index in [1.165, 1.54) is 6.92 Å². The van der Waals surface area contributed by atoms with E-state index in [-0.39, 0.29) is 12.2 Å². The molecule has 0 rings (SSSR count). The van der Waals surface area contributed by atoms with Crippen LogP contribution in [-0.2, 0) is 4.79 Å². The summed E-state index contributed by atoms with van der Waals surface area (Å²) in [6.07, 6.45) is -4.81. The van der Waals surface area contributed by atoms with Gasteiger partial charge in [0, 0.05) is 0 Å². The Bertz CT molecular complexity index is 190. The number of aliphatic hydroxyl groups excluding tert-OH is 3. The molecule has 0 aromatic rings. The Labute approximate surface area is 83.0 Å². The Balaban J connectivity index is 4.59. The summed E-state index contributed by atoms with van der Waals surface area (Å²) in [5.74, 6) is -0.314. The average Bonchev–Trinajstić information content (AvgIpc) is 2.13. The van der Waals surface area contributed by atoms with Crippen LogP contribution in [0.4, 0.5) is 0 Å². The minimum absolute atomic E-state index is 0.115. The van der Waals surface area contributed by atoms with Crippen molar-refractivity contribution >= 4 is 6.29 Å². The summed E-state index contributed by atoms with van der Waals surface area (Å²) in [5, 5.41) is 37.5. The number of aldehydes is 1. The Morgan fingerprint density at radius 2 is 1.64 bits per heavy atom. The zero-order chi connectivity index (χ0) is 11.5. The van der Waals surface area contributed by atoms with Crippen LogP contribution < -0.4 is 0 Å². The van der Waals surface area contributed by atoms with Crippen molar-refractivity contribution in [2.75, 3.05) is 0 Å². The summed E-state index contributed by atoms with van der Waals surface area (Å²) in [6, 6.07) is 0. The Hall–Kier alpha value is -0.490. The third-order valence-corrected chi connectivity index (χ3v) is 2.58. The minimum atomic E-state index is -1.68. The number of hydrogen-bond acceptors (Lipinski definition) is 5. The smallest absolute Gasteiger partial charge is 0.151 e. The molecular weight excluding hydrogens is 188 g/mol. The fraction of sp³-hybridized carbons (Fsp3) is 0.889. The molecule has 0 spiro atoms. The molecule has 84 valence electrons. The van der Waals surface area contributed by atoms with Crippen LogP contribution >= 0.6 is 0 Å². The summed E-state index contributed by atoms with van der Waals surface area (Å²) in [4.78, 5) is 10.1. The van der Waals surface area contributed by atoms with Crippen LogP contribution in [0.1, 0.15) is 20.8 Å². The van der Waals surface area contributed by atoms with E-state index in [4.69, 9.17) is 5.11 Å². The van der Waals surface area contributed by atoms with Crippen LogP contribution in [0, 0.1) is 5.92 Å². The zero-order valence-electron chi connectivity index (χ0n) is 8.58. The standard InChI is InChI=1S/C9H18O5/c1-5(2)9(3,14)8(13)7(12)6(11)4-10/h4-8,11-14H,1-3H3/t6-,7+,8+,9-/m0/s1. The Morgan fingerprint density at radius 3 is 1.93 bits per heavy atom. The molecular formula is C9H18O5. The number of carbonyl (C=O) groups is 1. The number of rotatable bonds is 5. The van der Waals surface area contributed by atoms with Gasteiger partial charge in [-0.25, -0.2) is 0 Å². The fourth-order valence-corrected chi connectivity index (χ4v) is 0.955. The van der Waals surface area contributed by atoms with Gasteiger partial charge in [-0.3, -0.25) is 0 Å². The molecule has 0 bridgehead atoms. The van der Waals surface area contributed by atoms with Gasteiger partial charge < -0.3 is 25.2 Å². The van der Waals surface area contributed by atoms with Gasteiger partial charge in [-0.1, -0.05) is 13.8 Å². The molecule has 5 nitrogen and oxygen atoms in total. The van der Waals surface area contributed by atoms with E-state index in [2.05, 4.69) is 0 Å². The van der Waals surface area contributed by atoms with Gasteiger partial charge in [0.05, 0.1) is 5.60 Å². The van der Waals surface area contributed by atoms with E-state index >= 15 is 0 Å². The molecule has 0 aromatic heterocycles. The van der Waals surface area contributed by atoms with Crippen molar-refractivity contribution in [3.63, 3.8) is 0 Å². The van der Waals surface area contributed by atoms with Crippen molar-refractivity contribution in [3.8, 4) is 0 Å². The summed E-state index contributed by atoms with van der Waals surface area (Å²) < 4.78 is 0. The highest BCUT2D eigenvalue weighted by Gasteiger charge is 2.40. The molecule has 0 radical (unpaired) electrons. The first-order chi connectivity index (χ1) is 6.25. The van der Waals surface area contributed by atoms with Gasteiger partial charge in [0.1, 0.15) is 18.3 Å². The zero-order valence-corrected chi connectivity index (χ0v) is 8.58. The second kappa shape index (κ2) is 4.84. The second-order valence-corrected chi connectivity index (χ2v) is 3.94. The molecule has 0 aliphatic carbocycles. The maximum atomic E-state index is 10.1. The molecule has 5 heteroatoms. The minimum Gasteiger partial charge on any atom is -0.387 e. The van der Waals surface area contributed by atoms with Crippen molar-refractivity contribution in [2.45, 2.75) is 44.7 Å². The van der Waals surface area contributed by atoms with E-state index in [1.807, 2.05) is 0 Å². The first kappa shape index (κ1) is 13.5. The molecule has 0 heterocycles. The van der Waals surface area contributed by atoms with E-state index < -0.39 is 23.9 Å². The van der Waals surface area contributed by atoms with Gasteiger partial charge in [0.2, 0.25) is 0 Å². The largest absolute Gasteiger partial charge is 0.387 e. The highest BCUT2D eigenvalue weighted by Crippen LogP contribution is 2.23. The molecule has 4 N–H and O–H groups in total. The molecule has 0 fully saturated rings. The Kier molecular flexibility index (Phi) is 4.67. The molecule has 0 aliphatic heterocycles. The van der Waals surface area contributed by atoms with Crippen LogP contribution in [0.2, 0.25) is 0 Å². The first-order valence-electron chi connectivity index (χ1n) is 4.47. The summed E-state index contributed by atoms with van der Waals surface area (Å²) in [7, 11) is 0. The van der Waals surface area contributed by atoms with Crippen LogP contribution in [0.3, 0.4) is 0 Å². The highest BCUT2D eigenvalue weighted by atomic mass is 16.4. The molecule has 0 saturated heterocycles. The predicted octanol–water partition coefficient (Wildman–Crippen LogP) is -1.33. The average molecular weight is 206 g/mol. The van der Waals surface area contributed by atoms with Crippen LogP contribution in [-0.4, -0.2) is 50.6 Å². The van der Waals surface area contributed by atoms with E-state index in [1.54, 1.807) is 13.8 Å². The molecule has 0 aliphatic rings. The normalized spacial score (nSPS) is 22.6. The van der Waals surface area contributed by atoms with Crippen molar-refractivity contribution in [3.05, 3.63) is 0 Å². The fourth-order valence-electron chi connectivity index (χ4n) is 0.955. The van der Waals surface area contributed by atoms with E-state index in [0.29, 0.717) is 0 Å². The molecule has 0 aromatic carbocycles. The van der Waals surface area contributed by atoms with Crippen LogP contribution in [0.15, 0.2) is 0 Å². The van der Waals surface area contributed by atoms with Crippen molar-refractivity contribution in [1.29, 1.82) is 0 Å². The van der Waals surface area contributed by atoms with E-state index in [0.717, 1.165) is 0 Å². The summed E-state index contributed by atoms with van der Waals surface area (Å²) in [5.41, 5.74) is -1.55. The number of carbonyl (C=O) groups excluding carboxylic acids is 1.